The van der Waals surface area contributed by atoms with E-state index in [1.807, 2.05) is 0 Å². The lowest BCUT2D eigenvalue weighted by molar-refractivity contribution is -0.126. The van der Waals surface area contributed by atoms with Crippen LogP contribution in [0.4, 0.5) is 14.9 Å². The van der Waals surface area contributed by atoms with Crippen LogP contribution in [0.1, 0.15) is 6.92 Å². The van der Waals surface area contributed by atoms with Crippen molar-refractivity contribution >= 4 is 17.6 Å². The third-order valence-electron chi connectivity index (χ3n) is 2.86. The zero-order valence-electron chi connectivity index (χ0n) is 9.94. The Labute approximate surface area is 104 Å². The van der Waals surface area contributed by atoms with Gasteiger partial charge in [0, 0.05) is 18.8 Å². The molecule has 1 aromatic carbocycles. The summed E-state index contributed by atoms with van der Waals surface area (Å²) in [5, 5.41) is 5.31. The van der Waals surface area contributed by atoms with Crippen LogP contribution in [-0.2, 0) is 4.79 Å². The molecule has 1 saturated heterocycles. The number of hydrogen-bond donors (Lipinski definition) is 2. The number of piperazine rings is 1. The normalized spacial score (nSPS) is 19.3. The summed E-state index contributed by atoms with van der Waals surface area (Å²) < 4.78 is 12.7. The van der Waals surface area contributed by atoms with E-state index >= 15 is 0 Å². The van der Waals surface area contributed by atoms with E-state index in [4.69, 9.17) is 0 Å². The average Bonchev–Trinajstić information content (AvgIpc) is 2.35. The smallest absolute Gasteiger partial charge is 0.322 e. The lowest BCUT2D eigenvalue weighted by Gasteiger charge is -2.32. The van der Waals surface area contributed by atoms with E-state index in [2.05, 4.69) is 10.6 Å². The Hall–Kier alpha value is -2.11. The third kappa shape index (κ3) is 2.58. The average molecular weight is 251 g/mol. The number of nitrogens with one attached hydrogen (secondary N) is 2. The molecule has 1 heterocycles. The largest absolute Gasteiger partial charge is 0.353 e. The number of urea groups is 1. The Bertz CT molecular complexity index is 461. The maximum absolute atomic E-state index is 12.7. The fourth-order valence-corrected chi connectivity index (χ4v) is 1.79. The maximum Gasteiger partial charge on any atom is 0.322 e. The summed E-state index contributed by atoms with van der Waals surface area (Å²) in [5.41, 5.74) is 0.500. The highest BCUT2D eigenvalue weighted by Crippen LogP contribution is 2.11. The van der Waals surface area contributed by atoms with Crippen LogP contribution in [0.15, 0.2) is 24.3 Å². The van der Waals surface area contributed by atoms with Crippen molar-refractivity contribution < 1.29 is 14.0 Å². The summed E-state index contributed by atoms with van der Waals surface area (Å²) in [7, 11) is 0. The molecule has 96 valence electrons. The zero-order chi connectivity index (χ0) is 13.1. The molecular weight excluding hydrogens is 237 g/mol. The number of carbonyl (C=O) groups excluding carboxylic acids is 2. The van der Waals surface area contributed by atoms with Crippen molar-refractivity contribution in [3.8, 4) is 0 Å². The van der Waals surface area contributed by atoms with Crippen molar-refractivity contribution in [2.24, 2.45) is 0 Å². The topological polar surface area (TPSA) is 61.4 Å². The van der Waals surface area contributed by atoms with Gasteiger partial charge in [0.05, 0.1) is 0 Å². The SMILES string of the molecule is CC1C(=O)NCCN1C(=O)Nc1ccc(F)cc1. The Morgan fingerprint density at radius 2 is 2.11 bits per heavy atom. The molecule has 0 aromatic heterocycles. The number of rotatable bonds is 1. The molecule has 0 radical (unpaired) electrons. The molecule has 1 aliphatic heterocycles. The van der Waals surface area contributed by atoms with Crippen molar-refractivity contribution in [1.29, 1.82) is 0 Å². The fourth-order valence-electron chi connectivity index (χ4n) is 1.79. The fraction of sp³-hybridized carbons (Fsp3) is 0.333. The van der Waals surface area contributed by atoms with E-state index in [0.717, 1.165) is 0 Å². The van der Waals surface area contributed by atoms with Crippen molar-refractivity contribution in [1.82, 2.24) is 10.2 Å². The van der Waals surface area contributed by atoms with Gasteiger partial charge in [-0.25, -0.2) is 9.18 Å². The number of amides is 3. The van der Waals surface area contributed by atoms with Crippen LogP contribution in [-0.4, -0.2) is 36.0 Å². The predicted octanol–water partition coefficient (Wildman–Crippen LogP) is 1.18. The van der Waals surface area contributed by atoms with Crippen molar-refractivity contribution in [3.05, 3.63) is 30.1 Å². The number of carbonyl (C=O) groups is 2. The number of hydrogen-bond acceptors (Lipinski definition) is 2. The van der Waals surface area contributed by atoms with Gasteiger partial charge in [-0.3, -0.25) is 4.79 Å². The highest BCUT2D eigenvalue weighted by Gasteiger charge is 2.29. The second kappa shape index (κ2) is 5.03. The molecule has 1 atom stereocenters. The second-order valence-electron chi connectivity index (χ2n) is 4.10. The highest BCUT2D eigenvalue weighted by atomic mass is 19.1. The van der Waals surface area contributed by atoms with Crippen LogP contribution in [0, 0.1) is 5.82 Å². The van der Waals surface area contributed by atoms with Gasteiger partial charge in [-0.2, -0.15) is 0 Å². The van der Waals surface area contributed by atoms with Crippen LogP contribution < -0.4 is 10.6 Å². The predicted molar refractivity (Wildman–Crippen MR) is 64.6 cm³/mol. The first-order chi connectivity index (χ1) is 8.58. The van der Waals surface area contributed by atoms with Crippen molar-refractivity contribution in [2.45, 2.75) is 13.0 Å². The minimum Gasteiger partial charge on any atom is -0.353 e. The van der Waals surface area contributed by atoms with Crippen LogP contribution in [0.2, 0.25) is 0 Å². The van der Waals surface area contributed by atoms with E-state index in [1.54, 1.807) is 6.92 Å². The van der Waals surface area contributed by atoms with Gasteiger partial charge in [0.2, 0.25) is 5.91 Å². The highest BCUT2D eigenvalue weighted by molar-refractivity contribution is 5.94. The Balaban J connectivity index is 2.03. The molecular formula is C12H14FN3O2. The minimum absolute atomic E-state index is 0.171. The molecule has 2 rings (SSSR count). The van der Waals surface area contributed by atoms with E-state index in [1.165, 1.54) is 29.2 Å². The molecule has 6 heteroatoms. The van der Waals surface area contributed by atoms with Gasteiger partial charge in [-0.05, 0) is 31.2 Å². The number of benzene rings is 1. The second-order valence-corrected chi connectivity index (χ2v) is 4.10. The summed E-state index contributed by atoms with van der Waals surface area (Å²) in [5.74, 6) is -0.533. The molecule has 0 spiro atoms. The monoisotopic (exact) mass is 251 g/mol. The maximum atomic E-state index is 12.7. The standard InChI is InChI=1S/C12H14FN3O2/c1-8-11(17)14-6-7-16(8)12(18)15-10-4-2-9(13)3-5-10/h2-5,8H,6-7H2,1H3,(H,14,17)(H,15,18). The third-order valence-corrected chi connectivity index (χ3v) is 2.86. The first-order valence-electron chi connectivity index (χ1n) is 5.69. The first kappa shape index (κ1) is 12.3. The van der Waals surface area contributed by atoms with Gasteiger partial charge in [0.15, 0.2) is 0 Å². The van der Waals surface area contributed by atoms with Gasteiger partial charge in [-0.15, -0.1) is 0 Å². The molecule has 18 heavy (non-hydrogen) atoms. The van der Waals surface area contributed by atoms with Gasteiger partial charge >= 0.3 is 6.03 Å². The van der Waals surface area contributed by atoms with Crippen molar-refractivity contribution in [3.63, 3.8) is 0 Å². The summed E-state index contributed by atoms with van der Waals surface area (Å²) in [6.45, 7) is 2.57. The van der Waals surface area contributed by atoms with Gasteiger partial charge in [-0.1, -0.05) is 0 Å². The van der Waals surface area contributed by atoms with Crippen LogP contribution in [0.5, 0.6) is 0 Å². The number of anilines is 1. The Morgan fingerprint density at radius 3 is 2.78 bits per heavy atom. The molecule has 3 amide bonds. The lowest BCUT2D eigenvalue weighted by Crippen LogP contribution is -2.56. The molecule has 1 aromatic rings. The van der Waals surface area contributed by atoms with Crippen LogP contribution >= 0.6 is 0 Å². The van der Waals surface area contributed by atoms with Crippen molar-refractivity contribution in [2.75, 3.05) is 18.4 Å². The summed E-state index contributed by atoms with van der Waals surface area (Å²) >= 11 is 0. The number of halogens is 1. The summed E-state index contributed by atoms with van der Waals surface area (Å²) in [4.78, 5) is 24.8. The molecule has 0 bridgehead atoms. The van der Waals surface area contributed by atoms with Crippen LogP contribution in [0.3, 0.4) is 0 Å². The molecule has 5 nitrogen and oxygen atoms in total. The van der Waals surface area contributed by atoms with E-state index < -0.39 is 6.04 Å². The quantitative estimate of drug-likeness (QED) is 0.787. The molecule has 2 N–H and O–H groups in total. The minimum atomic E-state index is -0.501. The molecule has 1 aliphatic rings. The Morgan fingerprint density at radius 1 is 1.44 bits per heavy atom. The Kier molecular flexibility index (Phi) is 3.45. The van der Waals surface area contributed by atoms with Gasteiger partial charge < -0.3 is 15.5 Å². The first-order valence-corrected chi connectivity index (χ1v) is 5.69. The van der Waals surface area contributed by atoms with E-state index in [9.17, 15) is 14.0 Å². The summed E-state index contributed by atoms with van der Waals surface area (Å²) in [6.07, 6.45) is 0. The number of nitrogens with zero attached hydrogens (tertiary/aromatic N) is 1. The zero-order valence-corrected chi connectivity index (χ0v) is 9.94. The van der Waals surface area contributed by atoms with Gasteiger partial charge in [0.25, 0.3) is 0 Å². The molecule has 0 saturated carbocycles. The lowest BCUT2D eigenvalue weighted by atomic mass is 10.2. The molecule has 1 fully saturated rings. The van der Waals surface area contributed by atoms with E-state index in [-0.39, 0.29) is 17.8 Å². The summed E-state index contributed by atoms with van der Waals surface area (Å²) in [6, 6.07) is 4.62. The van der Waals surface area contributed by atoms with E-state index in [0.29, 0.717) is 18.8 Å². The van der Waals surface area contributed by atoms with Gasteiger partial charge in [0.1, 0.15) is 11.9 Å². The van der Waals surface area contributed by atoms with Crippen LogP contribution in [0.25, 0.3) is 0 Å². The molecule has 0 aliphatic carbocycles. The molecule has 1 unspecified atom stereocenters.